The van der Waals surface area contributed by atoms with Crippen LogP contribution >= 0.6 is 0 Å². The number of hydrogen-bond donors (Lipinski definition) is 2. The van der Waals surface area contributed by atoms with Crippen molar-refractivity contribution in [3.8, 4) is 0 Å². The van der Waals surface area contributed by atoms with Crippen LogP contribution in [0, 0.1) is 6.92 Å². The standard InChI is InChI=1S/C17H27N3O/c1-13(2)20-16(18)19-12-17(8-10-21-11-9-17)15-7-5-4-6-14(15)3/h4-7,13H,8-12H2,1-3H3,(H3,18,19,20). The van der Waals surface area contributed by atoms with E-state index in [0.29, 0.717) is 18.5 Å². The molecule has 0 bridgehead atoms. The highest BCUT2D eigenvalue weighted by atomic mass is 16.5. The molecule has 1 aliphatic heterocycles. The van der Waals surface area contributed by atoms with Crippen LogP contribution in [0.15, 0.2) is 29.3 Å². The fraction of sp³-hybridized carbons (Fsp3) is 0.588. The number of nitrogens with one attached hydrogen (secondary N) is 1. The molecule has 0 spiro atoms. The summed E-state index contributed by atoms with van der Waals surface area (Å²) in [6.07, 6.45) is 1.99. The number of nitrogens with two attached hydrogens (primary N) is 1. The van der Waals surface area contributed by atoms with Crippen LogP contribution in [0.5, 0.6) is 0 Å². The van der Waals surface area contributed by atoms with Gasteiger partial charge in [0.2, 0.25) is 0 Å². The topological polar surface area (TPSA) is 59.6 Å². The molecule has 0 atom stereocenters. The number of aliphatic imine (C=N–C) groups is 1. The second-order valence-corrected chi connectivity index (χ2v) is 6.21. The first-order valence-electron chi connectivity index (χ1n) is 7.74. The van der Waals surface area contributed by atoms with E-state index in [1.165, 1.54) is 11.1 Å². The highest BCUT2D eigenvalue weighted by Gasteiger charge is 2.35. The monoisotopic (exact) mass is 289 g/mol. The van der Waals surface area contributed by atoms with Crippen molar-refractivity contribution in [2.75, 3.05) is 19.8 Å². The average molecular weight is 289 g/mol. The fourth-order valence-corrected chi connectivity index (χ4v) is 3.02. The van der Waals surface area contributed by atoms with Gasteiger partial charge in [0.05, 0.1) is 6.54 Å². The summed E-state index contributed by atoms with van der Waals surface area (Å²) >= 11 is 0. The zero-order chi connectivity index (χ0) is 15.3. The largest absolute Gasteiger partial charge is 0.381 e. The molecule has 2 rings (SSSR count). The van der Waals surface area contributed by atoms with Gasteiger partial charge in [0.15, 0.2) is 5.96 Å². The van der Waals surface area contributed by atoms with E-state index in [4.69, 9.17) is 10.5 Å². The van der Waals surface area contributed by atoms with Crippen LogP contribution in [0.1, 0.15) is 37.8 Å². The minimum absolute atomic E-state index is 0.0485. The van der Waals surface area contributed by atoms with Crippen molar-refractivity contribution < 1.29 is 4.74 Å². The predicted molar refractivity (Wildman–Crippen MR) is 87.7 cm³/mol. The minimum Gasteiger partial charge on any atom is -0.381 e. The van der Waals surface area contributed by atoms with Gasteiger partial charge in [-0.25, -0.2) is 0 Å². The molecule has 4 heteroatoms. The SMILES string of the molecule is Cc1ccccc1C1(CN=C(N)NC(C)C)CCOCC1. The Bertz CT molecular complexity index is 491. The van der Waals surface area contributed by atoms with E-state index in [9.17, 15) is 0 Å². The lowest BCUT2D eigenvalue weighted by Gasteiger charge is -2.37. The molecular weight excluding hydrogens is 262 g/mol. The summed E-state index contributed by atoms with van der Waals surface area (Å²) in [6.45, 7) is 8.60. The van der Waals surface area contributed by atoms with Gasteiger partial charge in [0.25, 0.3) is 0 Å². The number of rotatable bonds is 4. The third-order valence-electron chi connectivity index (χ3n) is 4.15. The van der Waals surface area contributed by atoms with E-state index < -0.39 is 0 Å². The van der Waals surface area contributed by atoms with E-state index in [1.807, 2.05) is 0 Å². The summed E-state index contributed by atoms with van der Waals surface area (Å²) in [5.74, 6) is 0.532. The highest BCUT2D eigenvalue weighted by Crippen LogP contribution is 2.36. The Morgan fingerprint density at radius 2 is 2.00 bits per heavy atom. The molecule has 0 unspecified atom stereocenters. The molecule has 1 fully saturated rings. The van der Waals surface area contributed by atoms with Gasteiger partial charge in [-0.2, -0.15) is 0 Å². The van der Waals surface area contributed by atoms with Crippen molar-refractivity contribution >= 4 is 5.96 Å². The maximum Gasteiger partial charge on any atom is 0.188 e. The Balaban J connectivity index is 2.24. The molecule has 1 heterocycles. The lowest BCUT2D eigenvalue weighted by Crippen LogP contribution is -2.41. The quantitative estimate of drug-likeness (QED) is 0.661. The first kappa shape index (κ1) is 15.8. The molecule has 0 aliphatic carbocycles. The Kier molecular flexibility index (Phi) is 5.23. The van der Waals surface area contributed by atoms with Gasteiger partial charge in [-0.15, -0.1) is 0 Å². The molecular formula is C17H27N3O. The molecule has 21 heavy (non-hydrogen) atoms. The van der Waals surface area contributed by atoms with Crippen molar-refractivity contribution in [1.29, 1.82) is 0 Å². The number of guanidine groups is 1. The fourth-order valence-electron chi connectivity index (χ4n) is 3.02. The van der Waals surface area contributed by atoms with Crippen molar-refractivity contribution in [1.82, 2.24) is 5.32 Å². The van der Waals surface area contributed by atoms with Gasteiger partial charge in [0, 0.05) is 24.7 Å². The van der Waals surface area contributed by atoms with E-state index in [1.54, 1.807) is 0 Å². The van der Waals surface area contributed by atoms with Crippen molar-refractivity contribution in [2.45, 2.75) is 45.1 Å². The summed E-state index contributed by atoms with van der Waals surface area (Å²) in [4.78, 5) is 4.61. The van der Waals surface area contributed by atoms with Gasteiger partial charge >= 0.3 is 0 Å². The molecule has 0 amide bonds. The summed E-state index contributed by atoms with van der Waals surface area (Å²) in [5.41, 5.74) is 8.73. The Morgan fingerprint density at radius 1 is 1.33 bits per heavy atom. The second-order valence-electron chi connectivity index (χ2n) is 6.21. The number of hydrogen-bond acceptors (Lipinski definition) is 2. The van der Waals surface area contributed by atoms with E-state index in [0.717, 1.165) is 26.1 Å². The predicted octanol–water partition coefficient (Wildman–Crippen LogP) is 2.36. The van der Waals surface area contributed by atoms with Gasteiger partial charge < -0.3 is 15.8 Å². The molecule has 4 nitrogen and oxygen atoms in total. The molecule has 0 radical (unpaired) electrons. The van der Waals surface area contributed by atoms with Crippen LogP contribution in [0.3, 0.4) is 0 Å². The summed E-state index contributed by atoms with van der Waals surface area (Å²) in [5, 5.41) is 3.16. The minimum atomic E-state index is 0.0485. The van der Waals surface area contributed by atoms with E-state index in [2.05, 4.69) is 55.3 Å². The van der Waals surface area contributed by atoms with Gasteiger partial charge in [-0.3, -0.25) is 4.99 Å². The third-order valence-corrected chi connectivity index (χ3v) is 4.15. The number of aryl methyl sites for hydroxylation is 1. The maximum atomic E-state index is 5.97. The van der Waals surface area contributed by atoms with Gasteiger partial charge in [-0.05, 0) is 44.7 Å². The normalized spacial score (nSPS) is 18.8. The van der Waals surface area contributed by atoms with Crippen LogP contribution in [0.2, 0.25) is 0 Å². The van der Waals surface area contributed by atoms with Gasteiger partial charge in [-0.1, -0.05) is 24.3 Å². The highest BCUT2D eigenvalue weighted by molar-refractivity contribution is 5.78. The van der Waals surface area contributed by atoms with Crippen molar-refractivity contribution in [3.05, 3.63) is 35.4 Å². The van der Waals surface area contributed by atoms with Crippen LogP contribution in [-0.4, -0.2) is 31.8 Å². The lowest BCUT2D eigenvalue weighted by molar-refractivity contribution is 0.0529. The third kappa shape index (κ3) is 3.97. The van der Waals surface area contributed by atoms with Gasteiger partial charge in [0.1, 0.15) is 0 Å². The summed E-state index contributed by atoms with van der Waals surface area (Å²) < 4.78 is 5.56. The molecule has 3 N–H and O–H groups in total. The van der Waals surface area contributed by atoms with Crippen molar-refractivity contribution in [3.63, 3.8) is 0 Å². The first-order valence-corrected chi connectivity index (χ1v) is 7.74. The Labute approximate surface area is 127 Å². The number of nitrogens with zero attached hydrogens (tertiary/aromatic N) is 1. The smallest absolute Gasteiger partial charge is 0.188 e. The Morgan fingerprint density at radius 3 is 2.62 bits per heavy atom. The zero-order valence-electron chi connectivity index (χ0n) is 13.4. The number of benzene rings is 1. The van der Waals surface area contributed by atoms with Crippen LogP contribution < -0.4 is 11.1 Å². The van der Waals surface area contributed by atoms with Crippen LogP contribution in [0.25, 0.3) is 0 Å². The molecule has 0 saturated carbocycles. The van der Waals surface area contributed by atoms with Crippen molar-refractivity contribution in [2.24, 2.45) is 10.7 Å². The molecule has 1 aromatic carbocycles. The van der Waals surface area contributed by atoms with Crippen LogP contribution in [-0.2, 0) is 10.2 Å². The second kappa shape index (κ2) is 6.94. The van der Waals surface area contributed by atoms with E-state index in [-0.39, 0.29) is 5.41 Å². The average Bonchev–Trinajstić information content (AvgIpc) is 2.46. The van der Waals surface area contributed by atoms with E-state index >= 15 is 0 Å². The zero-order valence-corrected chi connectivity index (χ0v) is 13.4. The lowest BCUT2D eigenvalue weighted by atomic mass is 9.72. The molecule has 1 aliphatic rings. The number of ether oxygens (including phenoxy) is 1. The molecule has 0 aromatic heterocycles. The summed E-state index contributed by atoms with van der Waals surface area (Å²) in [7, 11) is 0. The van der Waals surface area contributed by atoms with Crippen LogP contribution in [0.4, 0.5) is 0 Å². The molecule has 1 aromatic rings. The Hall–Kier alpha value is -1.55. The maximum absolute atomic E-state index is 5.97. The summed E-state index contributed by atoms with van der Waals surface area (Å²) in [6, 6.07) is 8.90. The molecule has 1 saturated heterocycles. The molecule has 116 valence electrons. The first-order chi connectivity index (χ1) is 10.0.